The number of nitrogens with zero attached hydrogens (tertiary/aromatic N) is 1. The maximum Gasteiger partial charge on any atom is 0.251 e. The molecule has 1 heterocycles. The smallest absolute Gasteiger partial charge is 0.251 e. The van der Waals surface area contributed by atoms with Crippen LogP contribution < -0.4 is 5.73 Å². The topological polar surface area (TPSA) is 65.1 Å². The summed E-state index contributed by atoms with van der Waals surface area (Å²) >= 11 is 0. The maximum absolute atomic E-state index is 11.5. The highest BCUT2D eigenvalue weighted by atomic mass is 32.2. The lowest BCUT2D eigenvalue weighted by molar-refractivity contribution is 0.589. The van der Waals surface area contributed by atoms with Gasteiger partial charge in [-0.15, -0.1) is 0 Å². The molecule has 0 aliphatic carbocycles. The second kappa shape index (κ2) is 3.11. The summed E-state index contributed by atoms with van der Waals surface area (Å²) in [6.07, 6.45) is 1.52. The van der Waals surface area contributed by atoms with E-state index in [2.05, 4.69) is 0 Å². The van der Waals surface area contributed by atoms with Crippen LogP contribution in [0.5, 0.6) is 0 Å². The van der Waals surface area contributed by atoms with Crippen molar-refractivity contribution in [1.82, 2.24) is 3.97 Å². The average Bonchev–Trinajstić information content (AvgIpc) is 2.61. The molecule has 2 aromatic rings. The molecule has 0 amide bonds. The molecule has 0 atom stereocenters. The van der Waals surface area contributed by atoms with Gasteiger partial charge < -0.3 is 5.73 Å². The van der Waals surface area contributed by atoms with Gasteiger partial charge in [0.2, 0.25) is 0 Å². The molecule has 0 fully saturated rings. The zero-order chi connectivity index (χ0) is 10.2. The SMILES string of the molecule is NCS(=O)(=O)n1ccc2ccccc21. The minimum atomic E-state index is -3.39. The van der Waals surface area contributed by atoms with E-state index in [0.717, 1.165) is 5.39 Å². The number of aromatic nitrogens is 1. The fourth-order valence-corrected chi connectivity index (χ4v) is 2.25. The van der Waals surface area contributed by atoms with Gasteiger partial charge in [-0.3, -0.25) is 0 Å². The summed E-state index contributed by atoms with van der Waals surface area (Å²) in [5, 5.41) is 0.893. The van der Waals surface area contributed by atoms with Gasteiger partial charge in [0.15, 0.2) is 0 Å². The first kappa shape index (κ1) is 9.23. The van der Waals surface area contributed by atoms with Gasteiger partial charge in [0, 0.05) is 11.6 Å². The first-order chi connectivity index (χ1) is 6.65. The van der Waals surface area contributed by atoms with Gasteiger partial charge in [0.1, 0.15) is 5.88 Å². The van der Waals surface area contributed by atoms with E-state index >= 15 is 0 Å². The third-order valence-electron chi connectivity index (χ3n) is 2.07. The summed E-state index contributed by atoms with van der Waals surface area (Å²) in [7, 11) is -3.39. The van der Waals surface area contributed by atoms with E-state index in [-0.39, 0.29) is 5.88 Å². The molecule has 0 unspecified atom stereocenters. The Labute approximate surface area is 82.0 Å². The van der Waals surface area contributed by atoms with Crippen LogP contribution in [-0.2, 0) is 10.0 Å². The molecule has 1 aromatic heterocycles. The van der Waals surface area contributed by atoms with E-state index in [0.29, 0.717) is 5.52 Å². The highest BCUT2D eigenvalue weighted by Crippen LogP contribution is 2.16. The van der Waals surface area contributed by atoms with Gasteiger partial charge in [-0.05, 0) is 12.1 Å². The second-order valence-corrected chi connectivity index (χ2v) is 4.84. The normalized spacial score (nSPS) is 12.1. The molecule has 0 aliphatic rings. The highest BCUT2D eigenvalue weighted by Gasteiger charge is 2.12. The predicted octanol–water partition coefficient (Wildman–Crippen LogP) is 0.735. The number of rotatable bonds is 2. The number of benzene rings is 1. The molecule has 0 saturated heterocycles. The van der Waals surface area contributed by atoms with Crippen molar-refractivity contribution < 1.29 is 8.42 Å². The Morgan fingerprint density at radius 1 is 1.21 bits per heavy atom. The van der Waals surface area contributed by atoms with Crippen molar-refractivity contribution in [1.29, 1.82) is 0 Å². The van der Waals surface area contributed by atoms with E-state index in [1.807, 2.05) is 12.1 Å². The van der Waals surface area contributed by atoms with Crippen molar-refractivity contribution in [3.63, 3.8) is 0 Å². The van der Waals surface area contributed by atoms with Gasteiger partial charge in [-0.25, -0.2) is 12.4 Å². The Balaban J connectivity index is 2.77. The lowest BCUT2D eigenvalue weighted by Crippen LogP contribution is -2.21. The molecule has 14 heavy (non-hydrogen) atoms. The number of fused-ring (bicyclic) bond motifs is 1. The summed E-state index contributed by atoms with van der Waals surface area (Å²) in [6.45, 7) is 0. The summed E-state index contributed by atoms with van der Waals surface area (Å²) < 4.78 is 24.2. The minimum Gasteiger partial charge on any atom is -0.316 e. The lowest BCUT2D eigenvalue weighted by Gasteiger charge is -2.03. The molecule has 0 bridgehead atoms. The lowest BCUT2D eigenvalue weighted by atomic mass is 10.3. The Kier molecular flexibility index (Phi) is 2.05. The summed E-state index contributed by atoms with van der Waals surface area (Å²) in [5.41, 5.74) is 5.84. The van der Waals surface area contributed by atoms with Crippen molar-refractivity contribution in [2.75, 3.05) is 5.88 Å². The third kappa shape index (κ3) is 1.30. The van der Waals surface area contributed by atoms with Gasteiger partial charge >= 0.3 is 0 Å². The number of nitrogens with two attached hydrogens (primary N) is 1. The molecule has 2 N–H and O–H groups in total. The largest absolute Gasteiger partial charge is 0.316 e. The van der Waals surface area contributed by atoms with E-state index in [1.165, 1.54) is 10.2 Å². The van der Waals surface area contributed by atoms with Crippen LogP contribution in [0.2, 0.25) is 0 Å². The number of hydrogen-bond donors (Lipinski definition) is 1. The zero-order valence-electron chi connectivity index (χ0n) is 7.42. The summed E-state index contributed by atoms with van der Waals surface area (Å²) in [5.74, 6) is -0.383. The van der Waals surface area contributed by atoms with Crippen LogP contribution in [-0.4, -0.2) is 18.3 Å². The average molecular weight is 210 g/mol. The molecule has 0 saturated carbocycles. The van der Waals surface area contributed by atoms with Crippen LogP contribution in [0, 0.1) is 0 Å². The molecule has 74 valence electrons. The van der Waals surface area contributed by atoms with E-state index in [4.69, 9.17) is 5.73 Å². The quantitative estimate of drug-likeness (QED) is 0.794. The van der Waals surface area contributed by atoms with E-state index in [1.54, 1.807) is 18.2 Å². The molecule has 4 nitrogen and oxygen atoms in total. The van der Waals surface area contributed by atoms with E-state index in [9.17, 15) is 8.42 Å². The fraction of sp³-hybridized carbons (Fsp3) is 0.111. The third-order valence-corrected chi connectivity index (χ3v) is 3.41. The Bertz CT molecular complexity index is 557. The minimum absolute atomic E-state index is 0.383. The van der Waals surface area contributed by atoms with Crippen molar-refractivity contribution in [3.8, 4) is 0 Å². The van der Waals surface area contributed by atoms with Gasteiger partial charge in [-0.2, -0.15) is 0 Å². The van der Waals surface area contributed by atoms with Gasteiger partial charge in [0.05, 0.1) is 5.52 Å². The van der Waals surface area contributed by atoms with Gasteiger partial charge in [-0.1, -0.05) is 18.2 Å². The van der Waals surface area contributed by atoms with Gasteiger partial charge in [0.25, 0.3) is 10.0 Å². The molecule has 0 radical (unpaired) electrons. The van der Waals surface area contributed by atoms with Crippen LogP contribution in [0.25, 0.3) is 10.9 Å². The monoisotopic (exact) mass is 210 g/mol. The Morgan fingerprint density at radius 2 is 1.93 bits per heavy atom. The molecule has 0 spiro atoms. The van der Waals surface area contributed by atoms with Crippen LogP contribution in [0.1, 0.15) is 0 Å². The van der Waals surface area contributed by atoms with Crippen molar-refractivity contribution in [3.05, 3.63) is 36.5 Å². The first-order valence-electron chi connectivity index (χ1n) is 4.14. The second-order valence-electron chi connectivity index (χ2n) is 2.95. The maximum atomic E-state index is 11.5. The number of para-hydroxylation sites is 1. The highest BCUT2D eigenvalue weighted by molar-refractivity contribution is 7.90. The van der Waals surface area contributed by atoms with Crippen LogP contribution in [0.15, 0.2) is 36.5 Å². The summed E-state index contributed by atoms with van der Waals surface area (Å²) in [6, 6.07) is 9.02. The van der Waals surface area contributed by atoms with E-state index < -0.39 is 10.0 Å². The molecular formula is C9H10N2O2S. The summed E-state index contributed by atoms with van der Waals surface area (Å²) in [4.78, 5) is 0. The van der Waals surface area contributed by atoms with Crippen molar-refractivity contribution in [2.45, 2.75) is 0 Å². The zero-order valence-corrected chi connectivity index (χ0v) is 8.24. The van der Waals surface area contributed by atoms with Crippen molar-refractivity contribution in [2.24, 2.45) is 5.73 Å². The van der Waals surface area contributed by atoms with Crippen LogP contribution >= 0.6 is 0 Å². The molecule has 5 heteroatoms. The Hall–Kier alpha value is -1.33. The van der Waals surface area contributed by atoms with Crippen LogP contribution in [0.3, 0.4) is 0 Å². The van der Waals surface area contributed by atoms with Crippen molar-refractivity contribution >= 4 is 20.9 Å². The molecule has 1 aromatic carbocycles. The van der Waals surface area contributed by atoms with Crippen LogP contribution in [0.4, 0.5) is 0 Å². The number of hydrogen-bond acceptors (Lipinski definition) is 3. The standard InChI is InChI=1S/C9H10N2O2S/c10-7-14(12,13)11-6-5-8-3-1-2-4-9(8)11/h1-6H,7,10H2. The molecular weight excluding hydrogens is 200 g/mol. The molecule has 2 rings (SSSR count). The predicted molar refractivity (Wildman–Crippen MR) is 55.3 cm³/mol. The fourth-order valence-electron chi connectivity index (χ4n) is 1.38. The molecule has 0 aliphatic heterocycles. The Morgan fingerprint density at radius 3 is 2.64 bits per heavy atom. The first-order valence-corrected chi connectivity index (χ1v) is 5.75.